The summed E-state index contributed by atoms with van der Waals surface area (Å²) in [6, 6.07) is 4.23. The largest absolute Gasteiger partial charge is 0.496 e. The second-order valence-corrected chi connectivity index (χ2v) is 4.87. The van der Waals surface area contributed by atoms with Gasteiger partial charge in [0, 0.05) is 5.54 Å². The molecule has 0 radical (unpaired) electrons. The lowest BCUT2D eigenvalue weighted by atomic mass is 9.93. The highest BCUT2D eigenvalue weighted by Crippen LogP contribution is 2.28. The molecule has 0 spiro atoms. The Hall–Kier alpha value is -1.02. The van der Waals surface area contributed by atoms with E-state index in [0.717, 1.165) is 12.2 Å². The first kappa shape index (κ1) is 12.1. The van der Waals surface area contributed by atoms with Crippen LogP contribution in [0.3, 0.4) is 0 Å². The maximum atomic E-state index is 6.02. The normalized spacial score (nSPS) is 11.6. The van der Waals surface area contributed by atoms with Crippen LogP contribution in [0.15, 0.2) is 12.1 Å². The molecule has 0 aliphatic heterocycles. The maximum Gasteiger partial charge on any atom is 0.125 e. The monoisotopic (exact) mass is 207 g/mol. The Morgan fingerprint density at radius 3 is 2.33 bits per heavy atom. The van der Waals surface area contributed by atoms with Crippen molar-refractivity contribution < 1.29 is 4.74 Å². The molecule has 84 valence electrons. The molecule has 0 aliphatic carbocycles. The predicted octanol–water partition coefficient (Wildman–Crippen LogP) is 2.59. The summed E-state index contributed by atoms with van der Waals surface area (Å²) in [7, 11) is 1.72. The molecule has 0 amide bonds. The lowest BCUT2D eigenvalue weighted by molar-refractivity contribution is 0.399. The Bertz CT molecular complexity index is 350. The maximum absolute atomic E-state index is 6.02. The van der Waals surface area contributed by atoms with E-state index in [9.17, 15) is 0 Å². The number of hydrogen-bond acceptors (Lipinski definition) is 2. The third kappa shape index (κ3) is 2.96. The summed E-state index contributed by atoms with van der Waals surface area (Å²) in [4.78, 5) is 0. The third-order valence-electron chi connectivity index (χ3n) is 2.61. The standard InChI is InChI=1S/C13H21NO/c1-9-6-7-11(8-13(3,4)14)12(15-5)10(9)2/h6-7H,8,14H2,1-5H3. The van der Waals surface area contributed by atoms with Crippen molar-refractivity contribution in [3.05, 3.63) is 28.8 Å². The highest BCUT2D eigenvalue weighted by Gasteiger charge is 2.16. The van der Waals surface area contributed by atoms with Gasteiger partial charge in [-0.05, 0) is 50.8 Å². The van der Waals surface area contributed by atoms with Crippen LogP contribution in [-0.2, 0) is 6.42 Å². The van der Waals surface area contributed by atoms with E-state index in [1.165, 1.54) is 16.7 Å². The number of benzene rings is 1. The Labute approximate surface area is 92.4 Å². The molecule has 1 rings (SSSR count). The molecule has 1 aromatic carbocycles. The Balaban J connectivity index is 3.14. The Kier molecular flexibility index (Phi) is 3.40. The summed E-state index contributed by atoms with van der Waals surface area (Å²) < 4.78 is 5.45. The molecule has 2 N–H and O–H groups in total. The SMILES string of the molecule is COc1c(CC(C)(C)N)ccc(C)c1C. The van der Waals surface area contributed by atoms with Crippen molar-refractivity contribution in [3.63, 3.8) is 0 Å². The molecule has 0 saturated heterocycles. The van der Waals surface area contributed by atoms with Gasteiger partial charge in [-0.25, -0.2) is 0 Å². The van der Waals surface area contributed by atoms with Gasteiger partial charge in [0.05, 0.1) is 7.11 Å². The van der Waals surface area contributed by atoms with Gasteiger partial charge in [0.15, 0.2) is 0 Å². The van der Waals surface area contributed by atoms with Crippen LogP contribution < -0.4 is 10.5 Å². The van der Waals surface area contributed by atoms with Crippen molar-refractivity contribution in [1.82, 2.24) is 0 Å². The summed E-state index contributed by atoms with van der Waals surface area (Å²) in [5.74, 6) is 0.980. The first-order valence-corrected chi connectivity index (χ1v) is 5.27. The molecular formula is C13H21NO. The minimum Gasteiger partial charge on any atom is -0.496 e. The van der Waals surface area contributed by atoms with E-state index in [2.05, 4.69) is 26.0 Å². The van der Waals surface area contributed by atoms with Crippen LogP contribution in [0, 0.1) is 13.8 Å². The van der Waals surface area contributed by atoms with E-state index in [1.54, 1.807) is 7.11 Å². The van der Waals surface area contributed by atoms with E-state index in [4.69, 9.17) is 10.5 Å². The number of nitrogens with two attached hydrogens (primary N) is 1. The molecule has 2 heteroatoms. The van der Waals surface area contributed by atoms with Crippen LogP contribution in [0.4, 0.5) is 0 Å². The highest BCUT2D eigenvalue weighted by molar-refractivity contribution is 5.45. The van der Waals surface area contributed by atoms with Crippen molar-refractivity contribution in [2.75, 3.05) is 7.11 Å². The third-order valence-corrected chi connectivity index (χ3v) is 2.61. The van der Waals surface area contributed by atoms with Crippen LogP contribution in [0.1, 0.15) is 30.5 Å². The van der Waals surface area contributed by atoms with Gasteiger partial charge in [0.25, 0.3) is 0 Å². The Morgan fingerprint density at radius 1 is 1.27 bits per heavy atom. The molecule has 0 unspecified atom stereocenters. The van der Waals surface area contributed by atoms with Crippen molar-refractivity contribution in [2.24, 2.45) is 5.73 Å². The van der Waals surface area contributed by atoms with E-state index in [0.29, 0.717) is 0 Å². The van der Waals surface area contributed by atoms with Crippen LogP contribution in [0.25, 0.3) is 0 Å². The number of aryl methyl sites for hydroxylation is 1. The van der Waals surface area contributed by atoms with Gasteiger partial charge in [-0.3, -0.25) is 0 Å². The topological polar surface area (TPSA) is 35.2 Å². The first-order chi connectivity index (χ1) is 6.85. The molecule has 0 bridgehead atoms. The zero-order chi connectivity index (χ0) is 11.6. The van der Waals surface area contributed by atoms with Crippen LogP contribution in [0.5, 0.6) is 5.75 Å². The van der Waals surface area contributed by atoms with Gasteiger partial charge in [-0.15, -0.1) is 0 Å². The van der Waals surface area contributed by atoms with Gasteiger partial charge in [0.2, 0.25) is 0 Å². The van der Waals surface area contributed by atoms with Crippen LogP contribution >= 0.6 is 0 Å². The fourth-order valence-electron chi connectivity index (χ4n) is 1.76. The van der Waals surface area contributed by atoms with Gasteiger partial charge < -0.3 is 10.5 Å². The van der Waals surface area contributed by atoms with Crippen LogP contribution in [0.2, 0.25) is 0 Å². The second-order valence-electron chi connectivity index (χ2n) is 4.87. The lowest BCUT2D eigenvalue weighted by Crippen LogP contribution is -2.34. The smallest absolute Gasteiger partial charge is 0.125 e. The molecule has 0 saturated carbocycles. The van der Waals surface area contributed by atoms with E-state index in [1.807, 2.05) is 13.8 Å². The van der Waals surface area contributed by atoms with Crippen molar-refractivity contribution >= 4 is 0 Å². The number of hydrogen-bond donors (Lipinski definition) is 1. The van der Waals surface area contributed by atoms with Gasteiger partial charge in [0.1, 0.15) is 5.75 Å². The first-order valence-electron chi connectivity index (χ1n) is 5.27. The summed E-state index contributed by atoms with van der Waals surface area (Å²) in [6.45, 7) is 8.24. The number of methoxy groups -OCH3 is 1. The van der Waals surface area contributed by atoms with E-state index in [-0.39, 0.29) is 5.54 Å². The molecular weight excluding hydrogens is 186 g/mol. The molecule has 2 nitrogen and oxygen atoms in total. The molecule has 0 fully saturated rings. The molecule has 0 aromatic heterocycles. The number of ether oxygens (including phenoxy) is 1. The highest BCUT2D eigenvalue weighted by atomic mass is 16.5. The Morgan fingerprint density at radius 2 is 1.87 bits per heavy atom. The van der Waals surface area contributed by atoms with E-state index >= 15 is 0 Å². The second kappa shape index (κ2) is 4.23. The minimum absolute atomic E-state index is 0.199. The minimum atomic E-state index is -0.199. The zero-order valence-electron chi connectivity index (χ0n) is 10.3. The van der Waals surface area contributed by atoms with Crippen molar-refractivity contribution in [1.29, 1.82) is 0 Å². The van der Waals surface area contributed by atoms with Crippen molar-refractivity contribution in [2.45, 2.75) is 39.7 Å². The van der Waals surface area contributed by atoms with Crippen molar-refractivity contribution in [3.8, 4) is 5.75 Å². The summed E-state index contributed by atoms with van der Waals surface area (Å²) in [6.07, 6.45) is 0.831. The fraction of sp³-hybridized carbons (Fsp3) is 0.538. The molecule has 0 atom stereocenters. The summed E-state index contributed by atoms with van der Waals surface area (Å²) in [5, 5.41) is 0. The summed E-state index contributed by atoms with van der Waals surface area (Å²) in [5.41, 5.74) is 9.47. The molecule has 0 aliphatic rings. The van der Waals surface area contributed by atoms with Crippen LogP contribution in [-0.4, -0.2) is 12.6 Å². The van der Waals surface area contributed by atoms with Gasteiger partial charge >= 0.3 is 0 Å². The average Bonchev–Trinajstić information content (AvgIpc) is 2.10. The summed E-state index contributed by atoms with van der Waals surface area (Å²) >= 11 is 0. The van der Waals surface area contributed by atoms with Gasteiger partial charge in [-0.1, -0.05) is 12.1 Å². The quantitative estimate of drug-likeness (QED) is 0.827. The molecule has 1 aromatic rings. The molecule has 15 heavy (non-hydrogen) atoms. The van der Waals surface area contributed by atoms with Gasteiger partial charge in [-0.2, -0.15) is 0 Å². The average molecular weight is 207 g/mol. The predicted molar refractivity (Wildman–Crippen MR) is 64.4 cm³/mol. The zero-order valence-corrected chi connectivity index (χ0v) is 10.3. The molecule has 0 heterocycles. The number of rotatable bonds is 3. The fourth-order valence-corrected chi connectivity index (χ4v) is 1.76. The van der Waals surface area contributed by atoms with E-state index < -0.39 is 0 Å². The lowest BCUT2D eigenvalue weighted by Gasteiger charge is -2.21.